The summed E-state index contributed by atoms with van der Waals surface area (Å²) in [5.41, 5.74) is 0. The summed E-state index contributed by atoms with van der Waals surface area (Å²) >= 11 is 0. The molecule has 2 aromatic rings. The highest BCUT2D eigenvalue weighted by atomic mass is 32.2. The molecule has 2 heterocycles. The van der Waals surface area contributed by atoms with Crippen molar-refractivity contribution in [2.24, 2.45) is 0 Å². The molecule has 4 rings (SSSR count). The summed E-state index contributed by atoms with van der Waals surface area (Å²) in [5.74, 6) is -1.56. The Labute approximate surface area is 178 Å². The number of fused-ring (bicyclic) bond motifs is 1. The molecule has 0 aliphatic carbocycles. The second-order valence-electron chi connectivity index (χ2n) is 7.16. The van der Waals surface area contributed by atoms with Gasteiger partial charge in [-0.1, -0.05) is 6.07 Å². The minimum absolute atomic E-state index is 0.0454. The van der Waals surface area contributed by atoms with E-state index in [2.05, 4.69) is 4.72 Å². The number of benzene rings is 2. The molecule has 0 spiro atoms. The molecule has 0 aromatic heterocycles. The Bertz CT molecular complexity index is 1180. The van der Waals surface area contributed by atoms with Crippen molar-refractivity contribution in [3.8, 4) is 11.5 Å². The van der Waals surface area contributed by atoms with E-state index in [1.807, 2.05) is 0 Å². The Morgan fingerprint density at radius 1 is 0.903 bits per heavy atom. The van der Waals surface area contributed by atoms with E-state index in [1.54, 1.807) is 0 Å². The van der Waals surface area contributed by atoms with Crippen LogP contribution in [0.4, 0.5) is 8.78 Å². The number of piperidine rings is 1. The van der Waals surface area contributed by atoms with Crippen LogP contribution < -0.4 is 14.2 Å². The molecular weight excluding hydrogens is 454 g/mol. The average molecular weight is 475 g/mol. The van der Waals surface area contributed by atoms with Crippen molar-refractivity contribution in [1.82, 2.24) is 9.03 Å². The van der Waals surface area contributed by atoms with Gasteiger partial charge in [-0.05, 0) is 37.1 Å². The van der Waals surface area contributed by atoms with Gasteiger partial charge in [-0.3, -0.25) is 0 Å². The summed E-state index contributed by atoms with van der Waals surface area (Å²) in [6, 6.07) is 6.50. The van der Waals surface area contributed by atoms with Crippen molar-refractivity contribution in [1.29, 1.82) is 0 Å². The van der Waals surface area contributed by atoms with Crippen molar-refractivity contribution >= 4 is 20.0 Å². The summed E-state index contributed by atoms with van der Waals surface area (Å²) in [6.45, 7) is 0.803. The van der Waals surface area contributed by atoms with Gasteiger partial charge >= 0.3 is 0 Å². The molecule has 2 aliphatic rings. The van der Waals surface area contributed by atoms with Crippen LogP contribution in [0.3, 0.4) is 0 Å². The number of hydrogen-bond donors (Lipinski definition) is 1. The van der Waals surface area contributed by atoms with Crippen LogP contribution in [0.2, 0.25) is 0 Å². The summed E-state index contributed by atoms with van der Waals surface area (Å²) in [4.78, 5) is -0.995. The highest BCUT2D eigenvalue weighted by Gasteiger charge is 2.33. The lowest BCUT2D eigenvalue weighted by Gasteiger charge is -2.31. The number of halogens is 2. The molecule has 1 fully saturated rings. The molecule has 31 heavy (non-hydrogen) atoms. The van der Waals surface area contributed by atoms with Gasteiger partial charge in [0.15, 0.2) is 16.4 Å². The first-order chi connectivity index (χ1) is 14.7. The minimum atomic E-state index is -4.44. The number of ether oxygens (including phenoxy) is 2. The van der Waals surface area contributed by atoms with Crippen molar-refractivity contribution in [3.63, 3.8) is 0 Å². The zero-order chi connectivity index (χ0) is 22.2. The lowest BCUT2D eigenvalue weighted by molar-refractivity contribution is 0.171. The lowest BCUT2D eigenvalue weighted by Crippen LogP contribution is -2.46. The van der Waals surface area contributed by atoms with Crippen LogP contribution in [0.5, 0.6) is 11.5 Å². The number of hydrogen-bond acceptors (Lipinski definition) is 6. The maximum Gasteiger partial charge on any atom is 0.246 e. The van der Waals surface area contributed by atoms with Crippen LogP contribution in [-0.4, -0.2) is 53.5 Å². The smallest absolute Gasteiger partial charge is 0.246 e. The van der Waals surface area contributed by atoms with Crippen LogP contribution >= 0.6 is 0 Å². The maximum atomic E-state index is 13.9. The lowest BCUT2D eigenvalue weighted by atomic mass is 10.1. The van der Waals surface area contributed by atoms with E-state index in [4.69, 9.17) is 9.47 Å². The molecule has 0 radical (unpaired) electrons. The third-order valence-electron chi connectivity index (χ3n) is 5.11. The Morgan fingerprint density at radius 3 is 2.16 bits per heavy atom. The first-order valence-electron chi connectivity index (χ1n) is 9.54. The minimum Gasteiger partial charge on any atom is -0.486 e. The van der Waals surface area contributed by atoms with E-state index >= 15 is 0 Å². The predicted molar refractivity (Wildman–Crippen MR) is 106 cm³/mol. The maximum absolute atomic E-state index is 13.9. The molecule has 0 bridgehead atoms. The highest BCUT2D eigenvalue weighted by Crippen LogP contribution is 2.33. The fourth-order valence-electron chi connectivity index (χ4n) is 3.56. The number of nitrogens with one attached hydrogen (secondary N) is 1. The normalized spacial score (nSPS) is 18.1. The first kappa shape index (κ1) is 21.9. The van der Waals surface area contributed by atoms with E-state index in [-0.39, 0.29) is 30.8 Å². The summed E-state index contributed by atoms with van der Waals surface area (Å²) in [6.07, 6.45) is 0.304. The van der Waals surface area contributed by atoms with Crippen molar-refractivity contribution in [2.75, 3.05) is 26.3 Å². The van der Waals surface area contributed by atoms with E-state index in [0.717, 1.165) is 18.2 Å². The standard InChI is InChI=1S/C19H20F2N2O6S2/c20-15-2-1-3-16(21)19(15)30(24,25)22-13-6-8-23(9-7-13)31(26,27)14-4-5-17-18(12-14)29-11-10-28-17/h1-5,12-13,22H,6-11H2. The molecule has 2 aliphatic heterocycles. The quantitative estimate of drug-likeness (QED) is 0.710. The summed E-state index contributed by atoms with van der Waals surface area (Å²) < 4.78 is 92.9. The topological polar surface area (TPSA) is 102 Å². The molecule has 0 saturated carbocycles. The van der Waals surface area contributed by atoms with Crippen molar-refractivity contribution in [3.05, 3.63) is 48.0 Å². The molecule has 168 valence electrons. The molecule has 1 saturated heterocycles. The average Bonchev–Trinajstić information content (AvgIpc) is 2.73. The number of rotatable bonds is 5. The third-order valence-corrected chi connectivity index (χ3v) is 8.58. The van der Waals surface area contributed by atoms with Gasteiger partial charge < -0.3 is 9.47 Å². The predicted octanol–water partition coefficient (Wildman–Crippen LogP) is 1.87. The largest absolute Gasteiger partial charge is 0.486 e. The fraction of sp³-hybridized carbons (Fsp3) is 0.368. The van der Waals surface area contributed by atoms with Gasteiger partial charge in [0.25, 0.3) is 0 Å². The van der Waals surface area contributed by atoms with E-state index in [0.29, 0.717) is 24.7 Å². The van der Waals surface area contributed by atoms with Gasteiger partial charge in [-0.15, -0.1) is 0 Å². The van der Waals surface area contributed by atoms with Gasteiger partial charge in [0, 0.05) is 25.2 Å². The second kappa shape index (κ2) is 8.34. The van der Waals surface area contributed by atoms with Gasteiger partial charge in [0.05, 0.1) is 4.90 Å². The SMILES string of the molecule is O=S(=O)(NC1CCN(S(=O)(=O)c2ccc3c(c2)OCCO3)CC1)c1c(F)cccc1F. The number of sulfonamides is 2. The van der Waals surface area contributed by atoms with Crippen molar-refractivity contribution < 1.29 is 35.1 Å². The molecule has 8 nitrogen and oxygen atoms in total. The molecule has 2 aromatic carbocycles. The van der Waals surface area contributed by atoms with Crippen molar-refractivity contribution in [2.45, 2.75) is 28.7 Å². The summed E-state index contributed by atoms with van der Waals surface area (Å²) in [7, 11) is -8.26. The first-order valence-corrected chi connectivity index (χ1v) is 12.5. The Hall–Kier alpha value is -2.28. The monoisotopic (exact) mass is 474 g/mol. The Kier molecular flexibility index (Phi) is 5.90. The Morgan fingerprint density at radius 2 is 1.52 bits per heavy atom. The second-order valence-corrected chi connectivity index (χ2v) is 10.7. The number of nitrogens with zero attached hydrogens (tertiary/aromatic N) is 1. The van der Waals surface area contributed by atoms with Gasteiger partial charge in [-0.25, -0.2) is 30.3 Å². The fourth-order valence-corrected chi connectivity index (χ4v) is 6.49. The highest BCUT2D eigenvalue weighted by molar-refractivity contribution is 7.89. The van der Waals surface area contributed by atoms with Crippen LogP contribution in [0.15, 0.2) is 46.2 Å². The van der Waals surface area contributed by atoms with Crippen LogP contribution in [-0.2, 0) is 20.0 Å². The third kappa shape index (κ3) is 4.38. The van der Waals surface area contributed by atoms with E-state index in [9.17, 15) is 25.6 Å². The Balaban J connectivity index is 1.45. The molecule has 0 amide bonds. The van der Waals surface area contributed by atoms with E-state index in [1.165, 1.54) is 22.5 Å². The van der Waals surface area contributed by atoms with Crippen LogP contribution in [0, 0.1) is 11.6 Å². The summed E-state index contributed by atoms with van der Waals surface area (Å²) in [5, 5.41) is 0. The molecule has 12 heteroatoms. The van der Waals surface area contributed by atoms with Gasteiger partial charge in [-0.2, -0.15) is 4.31 Å². The van der Waals surface area contributed by atoms with Crippen LogP contribution in [0.1, 0.15) is 12.8 Å². The molecule has 0 atom stereocenters. The van der Waals surface area contributed by atoms with Gasteiger partial charge in [0.1, 0.15) is 24.8 Å². The van der Waals surface area contributed by atoms with Crippen LogP contribution in [0.25, 0.3) is 0 Å². The zero-order valence-electron chi connectivity index (χ0n) is 16.3. The molecule has 0 unspecified atom stereocenters. The van der Waals surface area contributed by atoms with Gasteiger partial charge in [0.2, 0.25) is 20.0 Å². The zero-order valence-corrected chi connectivity index (χ0v) is 17.9. The molecular formula is C19H20F2N2O6S2. The van der Waals surface area contributed by atoms with E-state index < -0.39 is 42.6 Å². The molecule has 1 N–H and O–H groups in total.